The summed E-state index contributed by atoms with van der Waals surface area (Å²) in [7, 11) is 0. The number of fused-ring (bicyclic) bond motifs is 1. The Kier molecular flexibility index (Phi) is 4.24. The molecular formula is C18H27N3O2. The van der Waals surface area contributed by atoms with Gasteiger partial charge in [0, 0.05) is 18.2 Å². The van der Waals surface area contributed by atoms with Crippen molar-refractivity contribution in [1.82, 2.24) is 15.1 Å². The number of aliphatic hydroxyl groups is 1. The molecule has 2 saturated carbocycles. The van der Waals surface area contributed by atoms with Crippen LogP contribution >= 0.6 is 0 Å². The van der Waals surface area contributed by atoms with Crippen LogP contribution in [0.2, 0.25) is 0 Å². The predicted octanol–water partition coefficient (Wildman–Crippen LogP) is 1.72. The monoisotopic (exact) mass is 317 g/mol. The van der Waals surface area contributed by atoms with Crippen LogP contribution in [0.4, 0.5) is 0 Å². The molecule has 4 rings (SSSR count). The number of aliphatic hydroxyl groups excluding tert-OH is 1. The zero-order chi connectivity index (χ0) is 15.8. The summed E-state index contributed by atoms with van der Waals surface area (Å²) in [6, 6.07) is 2.82. The fraction of sp³-hybridized carbons (Fsp3) is 0.778. The van der Waals surface area contributed by atoms with Crippen molar-refractivity contribution in [1.29, 1.82) is 0 Å². The minimum Gasteiger partial charge on any atom is -0.392 e. The highest BCUT2D eigenvalue weighted by atomic mass is 16.3. The molecule has 0 saturated heterocycles. The van der Waals surface area contributed by atoms with Gasteiger partial charge in [-0.1, -0.05) is 0 Å². The molecule has 1 heterocycles. The van der Waals surface area contributed by atoms with Gasteiger partial charge in [0.05, 0.1) is 17.8 Å². The van der Waals surface area contributed by atoms with Crippen LogP contribution in [0.3, 0.4) is 0 Å². The second-order valence-electron chi connectivity index (χ2n) is 7.53. The van der Waals surface area contributed by atoms with Gasteiger partial charge in [0.15, 0.2) is 0 Å². The quantitative estimate of drug-likeness (QED) is 0.891. The van der Waals surface area contributed by atoms with Gasteiger partial charge in [-0.2, -0.15) is 5.10 Å². The van der Waals surface area contributed by atoms with E-state index in [-0.39, 0.29) is 23.7 Å². The Labute approximate surface area is 137 Å². The number of rotatable bonds is 3. The molecule has 0 aromatic carbocycles. The molecular weight excluding hydrogens is 290 g/mol. The molecule has 2 atom stereocenters. The van der Waals surface area contributed by atoms with Crippen LogP contribution < -0.4 is 10.9 Å². The van der Waals surface area contributed by atoms with Crippen molar-refractivity contribution in [2.24, 2.45) is 0 Å². The summed E-state index contributed by atoms with van der Waals surface area (Å²) in [5, 5.41) is 18.3. The molecule has 5 nitrogen and oxygen atoms in total. The molecule has 5 heteroatoms. The summed E-state index contributed by atoms with van der Waals surface area (Å²) in [5.41, 5.74) is 2.38. The molecule has 0 radical (unpaired) electrons. The maximum atomic E-state index is 12.3. The van der Waals surface area contributed by atoms with Crippen molar-refractivity contribution < 1.29 is 5.11 Å². The van der Waals surface area contributed by atoms with Gasteiger partial charge in [0.1, 0.15) is 0 Å². The Bertz CT molecular complexity index is 619. The molecule has 1 aromatic heterocycles. The van der Waals surface area contributed by atoms with E-state index in [0.29, 0.717) is 6.04 Å². The normalized spacial score (nSPS) is 33.8. The van der Waals surface area contributed by atoms with Crippen molar-refractivity contribution >= 4 is 0 Å². The Hall–Kier alpha value is -1.20. The summed E-state index contributed by atoms with van der Waals surface area (Å²) in [6.07, 6.45) is 10.3. The van der Waals surface area contributed by atoms with E-state index in [9.17, 15) is 9.90 Å². The second-order valence-corrected chi connectivity index (χ2v) is 7.53. The van der Waals surface area contributed by atoms with Gasteiger partial charge in [-0.05, 0) is 69.8 Å². The lowest BCUT2D eigenvalue weighted by Crippen LogP contribution is -2.45. The highest BCUT2D eigenvalue weighted by Crippen LogP contribution is 2.29. The summed E-state index contributed by atoms with van der Waals surface area (Å²) in [6.45, 7) is 0. The van der Waals surface area contributed by atoms with Crippen LogP contribution in [-0.2, 0) is 12.8 Å². The van der Waals surface area contributed by atoms with Crippen LogP contribution in [0.1, 0.15) is 68.7 Å². The van der Waals surface area contributed by atoms with Crippen molar-refractivity contribution in [3.8, 4) is 0 Å². The smallest absolute Gasteiger partial charge is 0.267 e. The Morgan fingerprint density at radius 2 is 1.91 bits per heavy atom. The van der Waals surface area contributed by atoms with Crippen molar-refractivity contribution in [3.63, 3.8) is 0 Å². The first-order valence-electron chi connectivity index (χ1n) is 9.26. The second kappa shape index (κ2) is 6.36. The molecule has 23 heavy (non-hydrogen) atoms. The van der Waals surface area contributed by atoms with E-state index in [1.165, 1.54) is 0 Å². The Morgan fingerprint density at radius 1 is 1.09 bits per heavy atom. The third-order valence-corrected chi connectivity index (χ3v) is 5.95. The average Bonchev–Trinajstić information content (AvgIpc) is 3.16. The lowest BCUT2D eigenvalue weighted by Gasteiger charge is -2.32. The predicted molar refractivity (Wildman–Crippen MR) is 88.6 cm³/mol. The van der Waals surface area contributed by atoms with Crippen LogP contribution in [0.15, 0.2) is 10.9 Å². The highest BCUT2D eigenvalue weighted by molar-refractivity contribution is 5.22. The largest absolute Gasteiger partial charge is 0.392 e. The summed E-state index contributed by atoms with van der Waals surface area (Å²) in [4.78, 5) is 12.3. The third kappa shape index (κ3) is 3.09. The highest BCUT2D eigenvalue weighted by Gasteiger charge is 2.30. The van der Waals surface area contributed by atoms with E-state index in [1.54, 1.807) is 4.68 Å². The molecule has 0 amide bonds. The zero-order valence-electron chi connectivity index (χ0n) is 13.7. The standard InChI is InChI=1S/C18H27N3O2/c22-17-6-2-5-16(17)19-13-7-9-14(10-8-13)21-18(23)11-12-3-1-4-15(12)20-21/h11,13-14,16-17,19,22H,1-10H2. The lowest BCUT2D eigenvalue weighted by atomic mass is 9.90. The van der Waals surface area contributed by atoms with Crippen LogP contribution in [0, 0.1) is 0 Å². The van der Waals surface area contributed by atoms with E-state index >= 15 is 0 Å². The van der Waals surface area contributed by atoms with Gasteiger partial charge >= 0.3 is 0 Å². The topological polar surface area (TPSA) is 67.2 Å². The molecule has 1 aromatic rings. The molecule has 3 aliphatic rings. The van der Waals surface area contributed by atoms with Crippen molar-refractivity contribution in [2.45, 2.75) is 88.4 Å². The van der Waals surface area contributed by atoms with Crippen LogP contribution in [-0.4, -0.2) is 33.1 Å². The molecule has 3 aliphatic carbocycles. The minimum atomic E-state index is -0.172. The van der Waals surface area contributed by atoms with E-state index in [0.717, 1.165) is 75.5 Å². The van der Waals surface area contributed by atoms with Crippen molar-refractivity contribution in [3.05, 3.63) is 27.7 Å². The number of aromatic nitrogens is 2. The fourth-order valence-electron chi connectivity index (χ4n) is 4.60. The number of nitrogens with zero attached hydrogens (tertiary/aromatic N) is 2. The van der Waals surface area contributed by atoms with E-state index in [4.69, 9.17) is 0 Å². The van der Waals surface area contributed by atoms with Gasteiger partial charge in [-0.15, -0.1) is 0 Å². The maximum Gasteiger partial charge on any atom is 0.267 e. The number of nitrogens with one attached hydrogen (secondary N) is 1. The number of hydrogen-bond acceptors (Lipinski definition) is 4. The SMILES string of the molecule is O=c1cc2c(nn1C1CCC(NC3CCCC3O)CC1)CCC2. The summed E-state index contributed by atoms with van der Waals surface area (Å²) < 4.78 is 1.75. The number of hydrogen-bond donors (Lipinski definition) is 2. The molecule has 2 unspecified atom stereocenters. The molecule has 2 fully saturated rings. The maximum absolute atomic E-state index is 12.3. The average molecular weight is 317 g/mol. The van der Waals surface area contributed by atoms with Gasteiger partial charge in [-0.25, -0.2) is 4.68 Å². The molecule has 2 N–H and O–H groups in total. The summed E-state index contributed by atoms with van der Waals surface area (Å²) in [5.74, 6) is 0. The van der Waals surface area contributed by atoms with Crippen molar-refractivity contribution in [2.75, 3.05) is 0 Å². The van der Waals surface area contributed by atoms with E-state index < -0.39 is 0 Å². The van der Waals surface area contributed by atoms with Gasteiger partial charge < -0.3 is 10.4 Å². The first kappa shape index (κ1) is 15.3. The Balaban J connectivity index is 1.39. The minimum absolute atomic E-state index is 0.0771. The fourth-order valence-corrected chi connectivity index (χ4v) is 4.60. The van der Waals surface area contributed by atoms with E-state index in [2.05, 4.69) is 10.4 Å². The van der Waals surface area contributed by atoms with Gasteiger partial charge in [-0.3, -0.25) is 4.79 Å². The lowest BCUT2D eigenvalue weighted by molar-refractivity contribution is 0.134. The van der Waals surface area contributed by atoms with Crippen LogP contribution in [0.5, 0.6) is 0 Å². The Morgan fingerprint density at radius 3 is 2.65 bits per heavy atom. The summed E-state index contributed by atoms with van der Waals surface area (Å²) >= 11 is 0. The molecule has 0 spiro atoms. The van der Waals surface area contributed by atoms with Gasteiger partial charge in [0.25, 0.3) is 5.56 Å². The first-order valence-corrected chi connectivity index (χ1v) is 9.26. The number of aryl methyl sites for hydroxylation is 2. The molecule has 126 valence electrons. The zero-order valence-corrected chi connectivity index (χ0v) is 13.7. The molecule has 0 aliphatic heterocycles. The third-order valence-electron chi connectivity index (χ3n) is 5.95. The first-order chi connectivity index (χ1) is 11.2. The van der Waals surface area contributed by atoms with Gasteiger partial charge in [0.2, 0.25) is 0 Å². The van der Waals surface area contributed by atoms with E-state index in [1.807, 2.05) is 6.07 Å². The van der Waals surface area contributed by atoms with Crippen LogP contribution in [0.25, 0.3) is 0 Å². The molecule has 0 bridgehead atoms.